The lowest BCUT2D eigenvalue weighted by atomic mass is 10.1. The van der Waals surface area contributed by atoms with Crippen LogP contribution in [0, 0.1) is 0 Å². The van der Waals surface area contributed by atoms with Crippen LogP contribution in [0.1, 0.15) is 32.0 Å². The molecule has 5 heterocycles. The molecular weight excluding hydrogens is 480 g/mol. The summed E-state index contributed by atoms with van der Waals surface area (Å²) in [5, 5.41) is 8.78. The average Bonchev–Trinajstić information content (AvgIpc) is 3.62. The number of nitrogens with two attached hydrogens (primary N) is 1. The number of carbonyl (C=O) groups excluding carboxylic acids is 2. The van der Waals surface area contributed by atoms with Gasteiger partial charge in [0.15, 0.2) is 0 Å². The van der Waals surface area contributed by atoms with Gasteiger partial charge in [0.2, 0.25) is 0 Å². The van der Waals surface area contributed by atoms with E-state index in [2.05, 4.69) is 15.1 Å². The first-order chi connectivity index (χ1) is 18.5. The number of anilines is 1. The lowest BCUT2D eigenvalue weighted by Gasteiger charge is -2.31. The van der Waals surface area contributed by atoms with E-state index in [-0.39, 0.29) is 18.4 Å². The summed E-state index contributed by atoms with van der Waals surface area (Å²) in [6, 6.07) is 18.4. The van der Waals surface area contributed by atoms with Crippen molar-refractivity contribution in [2.45, 2.75) is 13.1 Å². The minimum Gasteiger partial charge on any atom is -0.383 e. The van der Waals surface area contributed by atoms with Crippen molar-refractivity contribution in [3.05, 3.63) is 102 Å². The molecule has 10 nitrogen and oxygen atoms in total. The Hall–Kier alpha value is -5.25. The molecule has 1 aliphatic rings. The Morgan fingerprint density at radius 2 is 1.89 bits per heavy atom. The lowest BCUT2D eigenvalue weighted by molar-refractivity contribution is -0.00704. The third kappa shape index (κ3) is 3.30. The van der Waals surface area contributed by atoms with E-state index < -0.39 is 0 Å². The van der Waals surface area contributed by atoms with Gasteiger partial charge in [0, 0.05) is 36.0 Å². The minimum atomic E-state index is -0.322. The maximum absolute atomic E-state index is 14.1. The second-order valence-electron chi connectivity index (χ2n) is 9.34. The Balaban J connectivity index is 1.34. The van der Waals surface area contributed by atoms with Crippen LogP contribution >= 0.6 is 0 Å². The van der Waals surface area contributed by atoms with Crippen molar-refractivity contribution in [2.75, 3.05) is 5.73 Å². The number of rotatable bonds is 4. The summed E-state index contributed by atoms with van der Waals surface area (Å²) in [5.41, 5.74) is 10.9. The van der Waals surface area contributed by atoms with Gasteiger partial charge in [-0.1, -0.05) is 24.3 Å². The number of hydrogen-bond acceptors (Lipinski definition) is 6. The van der Waals surface area contributed by atoms with Crippen molar-refractivity contribution >= 4 is 45.1 Å². The second-order valence-corrected chi connectivity index (χ2v) is 9.34. The number of hydrogen-bond donors (Lipinski definition) is 1. The van der Waals surface area contributed by atoms with E-state index in [9.17, 15) is 9.59 Å². The number of benzene rings is 2. The molecule has 0 saturated heterocycles. The fourth-order valence-electron chi connectivity index (χ4n) is 5.16. The molecule has 4 aromatic heterocycles. The Morgan fingerprint density at radius 3 is 2.74 bits per heavy atom. The molecule has 2 aromatic carbocycles. The molecule has 0 saturated carbocycles. The Kier molecular flexibility index (Phi) is 4.71. The Morgan fingerprint density at radius 1 is 1.05 bits per heavy atom. The van der Waals surface area contributed by atoms with Crippen LogP contribution < -0.4 is 5.73 Å². The monoisotopic (exact) mass is 502 g/mol. The number of aryl methyl sites for hydroxylation is 1. The van der Waals surface area contributed by atoms with Crippen LogP contribution in [0.25, 0.3) is 27.5 Å². The van der Waals surface area contributed by atoms with Gasteiger partial charge in [-0.2, -0.15) is 5.10 Å². The van der Waals surface area contributed by atoms with Gasteiger partial charge < -0.3 is 10.1 Å². The molecule has 0 bridgehead atoms. The first-order valence-electron chi connectivity index (χ1n) is 12.1. The molecule has 7 rings (SSSR count). The predicted molar refractivity (Wildman–Crippen MR) is 142 cm³/mol. The molecule has 0 aliphatic carbocycles. The van der Waals surface area contributed by atoms with E-state index >= 15 is 0 Å². The number of imidazole rings is 1. The number of nitrogen functional groups attached to an aromatic ring is 1. The molecule has 0 unspecified atom stereocenters. The first kappa shape index (κ1) is 22.0. The number of fused-ring (bicyclic) bond motifs is 5. The van der Waals surface area contributed by atoms with Crippen LogP contribution in [-0.4, -0.2) is 46.0 Å². The topological polar surface area (TPSA) is 115 Å². The summed E-state index contributed by atoms with van der Waals surface area (Å²) in [5.74, 6) is -0.159. The van der Waals surface area contributed by atoms with Gasteiger partial charge in [-0.05, 0) is 42.0 Å². The molecule has 0 spiro atoms. The third-order valence-corrected chi connectivity index (χ3v) is 7.01. The highest BCUT2D eigenvalue weighted by atomic mass is 16.2. The van der Waals surface area contributed by atoms with Crippen LogP contribution in [0.2, 0.25) is 0 Å². The molecule has 38 heavy (non-hydrogen) atoms. The van der Waals surface area contributed by atoms with Gasteiger partial charge in [-0.25, -0.2) is 20.0 Å². The van der Waals surface area contributed by atoms with E-state index in [1.54, 1.807) is 35.1 Å². The van der Waals surface area contributed by atoms with Crippen molar-refractivity contribution in [1.29, 1.82) is 0 Å². The molecule has 6 aromatic rings. The fraction of sp³-hybridized carbons (Fsp3) is 0.107. The molecule has 2 N–H and O–H groups in total. The van der Waals surface area contributed by atoms with Crippen LogP contribution in [0.5, 0.6) is 0 Å². The molecule has 0 atom stereocenters. The highest BCUT2D eigenvalue weighted by Crippen LogP contribution is 2.30. The number of aromatic nitrogens is 5. The highest BCUT2D eigenvalue weighted by Gasteiger charge is 2.35. The first-order valence-corrected chi connectivity index (χ1v) is 12.1. The molecule has 0 fully saturated rings. The van der Waals surface area contributed by atoms with Crippen LogP contribution in [-0.2, 0) is 20.1 Å². The van der Waals surface area contributed by atoms with Crippen LogP contribution in [0.15, 0.2) is 79.3 Å². The minimum absolute atomic E-state index is 0.124. The van der Waals surface area contributed by atoms with E-state index in [1.807, 2.05) is 60.2 Å². The summed E-state index contributed by atoms with van der Waals surface area (Å²) in [4.78, 5) is 36.8. The molecular formula is C28H22N8O2. The summed E-state index contributed by atoms with van der Waals surface area (Å²) in [6.45, 7) is 0.422. The van der Waals surface area contributed by atoms with E-state index in [4.69, 9.17) is 5.73 Å². The number of carbonyl (C=O) groups is 2. The maximum atomic E-state index is 14.1. The van der Waals surface area contributed by atoms with Crippen molar-refractivity contribution in [2.24, 2.45) is 7.05 Å². The largest absolute Gasteiger partial charge is 0.383 e. The normalized spacial score (nSPS) is 13.1. The number of pyridine rings is 2. The number of hydrazine groups is 1. The predicted octanol–water partition coefficient (Wildman–Crippen LogP) is 3.56. The molecule has 0 radical (unpaired) electrons. The Bertz CT molecular complexity index is 1890. The maximum Gasteiger partial charge on any atom is 0.273 e. The smallest absolute Gasteiger partial charge is 0.273 e. The van der Waals surface area contributed by atoms with Crippen LogP contribution in [0.3, 0.4) is 0 Å². The van der Waals surface area contributed by atoms with Crippen molar-refractivity contribution in [1.82, 2.24) is 34.2 Å². The van der Waals surface area contributed by atoms with Gasteiger partial charge in [-0.3, -0.25) is 14.3 Å². The second kappa shape index (κ2) is 8.13. The Labute approximate surface area is 216 Å². The van der Waals surface area contributed by atoms with Gasteiger partial charge >= 0.3 is 0 Å². The quantitative estimate of drug-likeness (QED) is 0.394. The summed E-state index contributed by atoms with van der Waals surface area (Å²) in [6.07, 6.45) is 5.44. The third-order valence-electron chi connectivity index (χ3n) is 7.01. The summed E-state index contributed by atoms with van der Waals surface area (Å²) < 4.78 is 3.61. The van der Waals surface area contributed by atoms with E-state index in [0.717, 1.165) is 27.5 Å². The van der Waals surface area contributed by atoms with Crippen molar-refractivity contribution < 1.29 is 9.59 Å². The fourth-order valence-corrected chi connectivity index (χ4v) is 5.16. The SMILES string of the molecule is Cn1ncc2c(N)nc3ccc(C(=O)N(Cc4cn5ccccc5n4)N4Cc5ccccc5C4=O)cc3c21. The summed E-state index contributed by atoms with van der Waals surface area (Å²) >= 11 is 0. The van der Waals surface area contributed by atoms with Crippen molar-refractivity contribution in [3.63, 3.8) is 0 Å². The van der Waals surface area contributed by atoms with Gasteiger partial charge in [0.05, 0.1) is 41.4 Å². The molecule has 2 amide bonds. The van der Waals surface area contributed by atoms with Crippen molar-refractivity contribution in [3.8, 4) is 0 Å². The highest BCUT2D eigenvalue weighted by molar-refractivity contribution is 6.10. The summed E-state index contributed by atoms with van der Waals surface area (Å²) in [7, 11) is 1.82. The molecule has 186 valence electrons. The zero-order valence-electron chi connectivity index (χ0n) is 20.4. The van der Waals surface area contributed by atoms with Gasteiger partial charge in [0.25, 0.3) is 11.8 Å². The van der Waals surface area contributed by atoms with E-state index in [1.165, 1.54) is 10.0 Å². The number of nitrogens with zero attached hydrogens (tertiary/aromatic N) is 7. The zero-order valence-corrected chi connectivity index (χ0v) is 20.4. The van der Waals surface area contributed by atoms with Gasteiger partial charge in [0.1, 0.15) is 11.5 Å². The standard InChI is InChI=1S/C28H22N8O2/c1-33-25-21-12-17(9-10-23(21)32-26(29)22(25)13-30-33)27(37)36(16-19-15-34-11-5-4-8-24(34)31-19)35-14-18-6-2-3-7-20(18)28(35)38/h2-13,15H,14,16H2,1H3,(H2,29,32). The average molecular weight is 503 g/mol. The molecule has 1 aliphatic heterocycles. The molecule has 10 heteroatoms. The van der Waals surface area contributed by atoms with E-state index in [0.29, 0.717) is 34.7 Å². The number of amides is 2. The zero-order chi connectivity index (χ0) is 26.0. The van der Waals surface area contributed by atoms with Crippen LogP contribution in [0.4, 0.5) is 5.82 Å². The lowest BCUT2D eigenvalue weighted by Crippen LogP contribution is -2.46. The van der Waals surface area contributed by atoms with Gasteiger partial charge in [-0.15, -0.1) is 0 Å².